The molecule has 0 aliphatic heterocycles. The Labute approximate surface area is 405 Å². The average molecular weight is 1260 g/mol. The van der Waals surface area contributed by atoms with Gasteiger partial charge in [-0.25, -0.2) is 41.1 Å². The van der Waals surface area contributed by atoms with Gasteiger partial charge in [-0.2, -0.15) is 11.1 Å². The Morgan fingerprint density at radius 2 is 0.458 bits per heavy atom. The average Bonchev–Trinajstić information content (AvgIpc) is 3.26. The number of halogens is 2. The number of aliphatic hydroxyl groups is 1. The summed E-state index contributed by atoms with van der Waals surface area (Å²) >= 11 is 0. The van der Waals surface area contributed by atoms with Crippen LogP contribution in [-0.4, -0.2) is 186 Å². The van der Waals surface area contributed by atoms with Crippen molar-refractivity contribution >= 4 is 70.4 Å². The summed E-state index contributed by atoms with van der Waals surface area (Å²) in [5, 5.41) is 8.99. The van der Waals surface area contributed by atoms with Crippen molar-refractivity contribution in [1.29, 1.82) is 0 Å². The van der Waals surface area contributed by atoms with Crippen LogP contribution in [0.2, 0.25) is 0 Å². The molecule has 0 amide bonds. The molecule has 13 N–H and O–H groups in total. The van der Waals surface area contributed by atoms with Crippen LogP contribution in [0.4, 0.5) is 8.96 Å². The van der Waals surface area contributed by atoms with Gasteiger partial charge in [-0.3, -0.25) is 76.9 Å². The molecular formula is C22H55F2N2O37P9. The first-order valence-corrected chi connectivity index (χ1v) is 32.5. The zero-order valence-corrected chi connectivity index (χ0v) is 44.7. The third-order valence-corrected chi connectivity index (χ3v) is 15.1. The predicted octanol–water partition coefficient (Wildman–Crippen LogP) is 0.337. The minimum Gasteiger partial charge on any atom is -0.396 e. The molecule has 0 fully saturated rings. The van der Waals surface area contributed by atoms with Gasteiger partial charge in [0.05, 0.1) is 112 Å². The molecule has 39 nitrogen and oxygen atoms in total. The van der Waals surface area contributed by atoms with E-state index in [9.17, 15) is 89.2 Å². The van der Waals surface area contributed by atoms with Crippen molar-refractivity contribution in [2.24, 2.45) is 11.8 Å². The maximum absolute atomic E-state index is 12.4. The van der Waals surface area contributed by atoms with E-state index in [2.05, 4.69) is 76.9 Å². The molecule has 10 unspecified atom stereocenters. The number of nitrogens with one attached hydrogen (secondary N) is 2. The van der Waals surface area contributed by atoms with Crippen LogP contribution in [0, 0.1) is 11.8 Å². The fraction of sp³-hybridized carbons (Fsp3) is 1.00. The highest BCUT2D eigenvalue weighted by molar-refractivity contribution is 7.49. The van der Waals surface area contributed by atoms with E-state index in [1.54, 1.807) is 0 Å². The number of rotatable bonds is 49. The van der Waals surface area contributed by atoms with Crippen LogP contribution in [0.5, 0.6) is 0 Å². The molecule has 72 heavy (non-hydrogen) atoms. The van der Waals surface area contributed by atoms with Crippen molar-refractivity contribution in [3.63, 3.8) is 0 Å². The normalized spacial score (nSPS) is 20.1. The van der Waals surface area contributed by atoms with E-state index in [4.69, 9.17) is 14.9 Å². The van der Waals surface area contributed by atoms with Gasteiger partial charge < -0.3 is 54.0 Å². The number of phosphoric ester groups is 9. The standard InChI is InChI=1S/C22H55F2N2O37P9/c23-25-15-21(17-27)18-62-71(43,44)59-13-11-57-69(39,40)55-9-7-53-67(35,36)51-5-3-49-65(31,32)47-1-2-48-66(33,34)50-4-6-52-68(37,38)54-8-10-56-70(41,42)58-12-14-60-72(45,46)63-20-22(16-26-24)19-61-64(28,29)30/h21-22,25-27H,1-20H2,(H,31,32)(H,33,34)(H,35,36)(H,37,38)(H,39,40)(H,41,42)(H,43,44)(H,45,46)(H2,28,29,30). The van der Waals surface area contributed by atoms with Crippen LogP contribution in [0.1, 0.15) is 0 Å². The van der Waals surface area contributed by atoms with Crippen molar-refractivity contribution < 1.29 is 181 Å². The number of hydrogen-bond donors (Lipinski definition) is 13. The molecule has 0 rings (SSSR count). The summed E-state index contributed by atoms with van der Waals surface area (Å²) in [5.74, 6) is -2.09. The second-order valence-corrected chi connectivity index (χ2v) is 25.2. The molecular weight excluding hydrogens is 1200 g/mol. The largest absolute Gasteiger partial charge is 0.472 e. The molecule has 10 atom stereocenters. The van der Waals surface area contributed by atoms with Crippen molar-refractivity contribution in [2.45, 2.75) is 0 Å². The van der Waals surface area contributed by atoms with E-state index in [0.717, 1.165) is 5.54 Å². The molecule has 0 aromatic carbocycles. The predicted molar refractivity (Wildman–Crippen MR) is 224 cm³/mol. The smallest absolute Gasteiger partial charge is 0.396 e. The minimum absolute atomic E-state index is 0.408. The van der Waals surface area contributed by atoms with Gasteiger partial charge in [0.15, 0.2) is 0 Å². The lowest BCUT2D eigenvalue weighted by molar-refractivity contribution is 0.0696. The van der Waals surface area contributed by atoms with Crippen molar-refractivity contribution in [3.05, 3.63) is 0 Å². The lowest BCUT2D eigenvalue weighted by Crippen LogP contribution is -2.25. The molecule has 0 saturated carbocycles. The Balaban J connectivity index is 4.28. The maximum Gasteiger partial charge on any atom is 0.472 e. The molecule has 0 aliphatic carbocycles. The van der Waals surface area contributed by atoms with Gasteiger partial charge in [0.1, 0.15) is 0 Å². The highest BCUT2D eigenvalue weighted by Gasteiger charge is 2.31. The summed E-state index contributed by atoms with van der Waals surface area (Å²) in [5.41, 5.74) is 2.37. The van der Waals surface area contributed by atoms with Crippen LogP contribution in [0.25, 0.3) is 0 Å². The van der Waals surface area contributed by atoms with E-state index < -0.39 is 214 Å². The van der Waals surface area contributed by atoms with Crippen LogP contribution >= 0.6 is 70.4 Å². The Hall–Kier alpha value is 0.730. The molecule has 0 heterocycles. The molecule has 0 aliphatic rings. The van der Waals surface area contributed by atoms with E-state index in [1.807, 2.05) is 0 Å². The molecule has 434 valence electrons. The molecule has 0 aromatic rings. The summed E-state index contributed by atoms with van der Waals surface area (Å²) in [6.45, 7) is -16.2. The zero-order valence-electron chi connectivity index (χ0n) is 36.6. The second-order valence-electron chi connectivity index (χ2n) is 12.4. The Bertz CT molecular complexity index is 1970. The van der Waals surface area contributed by atoms with E-state index in [-0.39, 0.29) is 0 Å². The first-order chi connectivity index (χ1) is 33.1. The van der Waals surface area contributed by atoms with E-state index in [1.165, 1.54) is 5.54 Å². The fourth-order valence-corrected chi connectivity index (χ4v) is 9.67. The van der Waals surface area contributed by atoms with Crippen molar-refractivity contribution in [2.75, 3.05) is 132 Å². The van der Waals surface area contributed by atoms with Crippen LogP contribution in [0.15, 0.2) is 0 Å². The Kier molecular flexibility index (Phi) is 36.4. The summed E-state index contributed by atoms with van der Waals surface area (Å²) in [7, 11) is -44.3. The summed E-state index contributed by atoms with van der Waals surface area (Å²) in [4.78, 5) is 94.5. The van der Waals surface area contributed by atoms with Crippen LogP contribution in [-0.2, 0) is 118 Å². The van der Waals surface area contributed by atoms with E-state index >= 15 is 0 Å². The second kappa shape index (κ2) is 36.1. The quantitative estimate of drug-likeness (QED) is 0.0222. The molecule has 0 spiro atoms. The third-order valence-electron chi connectivity index (χ3n) is 6.56. The first kappa shape index (κ1) is 72.7. The summed E-state index contributed by atoms with van der Waals surface area (Å²) in [6, 6.07) is 0. The lowest BCUT2D eigenvalue weighted by Gasteiger charge is -2.18. The van der Waals surface area contributed by atoms with Gasteiger partial charge in [0.2, 0.25) is 0 Å². The summed E-state index contributed by atoms with van der Waals surface area (Å²) in [6.07, 6.45) is 0. The molecule has 0 aromatic heterocycles. The maximum atomic E-state index is 12.4. The third kappa shape index (κ3) is 42.7. The van der Waals surface area contributed by atoms with Gasteiger partial charge in [-0.05, 0) is 0 Å². The number of aliphatic hydroxyl groups excluding tert-OH is 1. The number of phosphoric acid groups is 9. The highest BCUT2D eigenvalue weighted by Crippen LogP contribution is 2.50. The van der Waals surface area contributed by atoms with E-state index in [0.29, 0.717) is 0 Å². The van der Waals surface area contributed by atoms with Gasteiger partial charge in [0, 0.05) is 31.5 Å². The van der Waals surface area contributed by atoms with Crippen LogP contribution in [0.3, 0.4) is 0 Å². The Morgan fingerprint density at radius 1 is 0.292 bits per heavy atom. The fourth-order valence-electron chi connectivity index (χ4n) is 3.60. The zero-order chi connectivity index (χ0) is 55.2. The van der Waals surface area contributed by atoms with Crippen molar-refractivity contribution in [3.8, 4) is 0 Å². The van der Waals surface area contributed by atoms with Crippen molar-refractivity contribution in [1.82, 2.24) is 11.1 Å². The summed E-state index contributed by atoms with van der Waals surface area (Å²) < 4.78 is 206. The monoisotopic (exact) mass is 1260 g/mol. The highest BCUT2D eigenvalue weighted by atomic mass is 31.2. The van der Waals surface area contributed by atoms with Gasteiger partial charge in [0.25, 0.3) is 0 Å². The molecule has 50 heteroatoms. The SMILES string of the molecule is O=P(O)(O)OCC(CNF)COP(=O)(O)OCCOP(=O)(O)OCCOP(=O)(O)OCCOP(=O)(O)OCCOP(=O)(O)OCCOP(=O)(O)OCCOP(=O)(O)OCCOP(=O)(O)OCC(CO)CNF. The van der Waals surface area contributed by atoms with Gasteiger partial charge >= 0.3 is 70.4 Å². The van der Waals surface area contributed by atoms with Crippen LogP contribution < -0.4 is 11.1 Å². The lowest BCUT2D eigenvalue weighted by atomic mass is 10.2. The molecule has 0 saturated heterocycles. The molecule has 0 bridgehead atoms. The van der Waals surface area contributed by atoms with Gasteiger partial charge in [-0.15, -0.1) is 8.96 Å². The Morgan fingerprint density at radius 3 is 0.639 bits per heavy atom. The minimum atomic E-state index is -4.97. The number of hydrogen-bond acceptors (Lipinski definition) is 29. The topological polar surface area (TPSA) is 557 Å². The first-order valence-electron chi connectivity index (χ1n) is 19.0. The van der Waals surface area contributed by atoms with Gasteiger partial charge in [-0.1, -0.05) is 0 Å². The molecule has 0 radical (unpaired) electrons.